The van der Waals surface area contributed by atoms with E-state index in [0.29, 0.717) is 4.90 Å². The molecule has 2 aromatic heterocycles. The fraction of sp³-hybridized carbons (Fsp3) is 0.333. The van der Waals surface area contributed by atoms with Crippen LogP contribution in [0, 0.1) is 0 Å². The molecule has 2 heterocycles. The number of nitrogens with zero attached hydrogens (tertiary/aromatic N) is 1. The van der Waals surface area contributed by atoms with Gasteiger partial charge in [-0.15, -0.1) is 0 Å². The first-order valence-corrected chi connectivity index (χ1v) is 7.10. The van der Waals surface area contributed by atoms with Gasteiger partial charge in [0, 0.05) is 18.6 Å². The van der Waals surface area contributed by atoms with Gasteiger partial charge in [-0.25, -0.2) is 8.42 Å². The van der Waals surface area contributed by atoms with Gasteiger partial charge in [0.2, 0.25) is 0 Å². The van der Waals surface area contributed by atoms with E-state index in [9.17, 15) is 8.42 Å². The Morgan fingerprint density at radius 1 is 1.25 bits per heavy atom. The van der Waals surface area contributed by atoms with Gasteiger partial charge in [-0.3, -0.25) is 0 Å². The minimum Gasteiger partial charge on any atom is -0.322 e. The van der Waals surface area contributed by atoms with E-state index in [0.717, 1.165) is 11.1 Å². The average Bonchev–Trinajstić information content (AvgIpc) is 2.55. The van der Waals surface area contributed by atoms with Crippen molar-refractivity contribution in [2.45, 2.75) is 24.7 Å². The Balaban J connectivity index is 2.91. The largest absolute Gasteiger partial charge is 0.322 e. The lowest BCUT2D eigenvalue weighted by atomic mass is 10.1. The normalized spacial score (nSPS) is 12.5. The van der Waals surface area contributed by atoms with Crippen LogP contribution < -0.4 is 0 Å². The lowest BCUT2D eigenvalue weighted by Gasteiger charge is -2.05. The molecule has 0 saturated heterocycles. The Kier molecular flexibility index (Phi) is 2.54. The highest BCUT2D eigenvalue weighted by atomic mass is 32.2. The maximum atomic E-state index is 11.8. The molecular weight excluding hydrogens is 222 g/mol. The van der Waals surface area contributed by atoms with Crippen LogP contribution in [-0.4, -0.2) is 19.1 Å². The van der Waals surface area contributed by atoms with Gasteiger partial charge in [-0.05, 0) is 23.6 Å². The summed E-state index contributed by atoms with van der Waals surface area (Å²) in [5, 5.41) is 0. The number of hydrogen-bond donors (Lipinski definition) is 0. The van der Waals surface area contributed by atoms with E-state index in [1.165, 1.54) is 6.26 Å². The van der Waals surface area contributed by atoms with E-state index in [-0.39, 0.29) is 5.92 Å². The smallest absolute Gasteiger partial charge is 0.177 e. The molecule has 0 bridgehead atoms. The van der Waals surface area contributed by atoms with Gasteiger partial charge in [-0.1, -0.05) is 19.9 Å². The van der Waals surface area contributed by atoms with E-state index in [1.807, 2.05) is 48.8 Å². The maximum Gasteiger partial charge on any atom is 0.177 e. The van der Waals surface area contributed by atoms with Gasteiger partial charge < -0.3 is 4.40 Å². The molecule has 0 aliphatic carbocycles. The van der Waals surface area contributed by atoms with Crippen LogP contribution in [-0.2, 0) is 9.84 Å². The van der Waals surface area contributed by atoms with Gasteiger partial charge in [0.05, 0.1) is 10.4 Å². The molecule has 0 aromatic carbocycles. The number of pyridine rings is 1. The molecule has 0 radical (unpaired) electrons. The first kappa shape index (κ1) is 11.2. The monoisotopic (exact) mass is 237 g/mol. The van der Waals surface area contributed by atoms with Crippen LogP contribution in [0.15, 0.2) is 35.5 Å². The molecule has 0 aliphatic rings. The van der Waals surface area contributed by atoms with E-state index < -0.39 is 9.84 Å². The number of sulfone groups is 1. The summed E-state index contributed by atoms with van der Waals surface area (Å²) in [5.41, 5.74) is 1.64. The molecule has 86 valence electrons. The molecule has 0 aliphatic heterocycles. The molecule has 0 amide bonds. The van der Waals surface area contributed by atoms with Crippen LogP contribution in [0.4, 0.5) is 0 Å². The first-order valence-electron chi connectivity index (χ1n) is 5.21. The predicted molar refractivity (Wildman–Crippen MR) is 64.6 cm³/mol. The summed E-state index contributed by atoms with van der Waals surface area (Å²) in [6.07, 6.45) is 5.04. The van der Waals surface area contributed by atoms with Crippen molar-refractivity contribution in [1.82, 2.24) is 4.40 Å². The van der Waals surface area contributed by atoms with Crippen molar-refractivity contribution in [2.24, 2.45) is 0 Å². The van der Waals surface area contributed by atoms with Crippen LogP contribution >= 0.6 is 0 Å². The zero-order valence-corrected chi connectivity index (χ0v) is 10.5. The lowest BCUT2D eigenvalue weighted by Crippen LogP contribution is -2.01. The molecule has 0 atom stereocenters. The Hall–Kier alpha value is -1.29. The summed E-state index contributed by atoms with van der Waals surface area (Å²) in [6.45, 7) is 4.01. The van der Waals surface area contributed by atoms with Crippen molar-refractivity contribution in [3.05, 3.63) is 36.2 Å². The highest BCUT2D eigenvalue weighted by Crippen LogP contribution is 2.29. The third-order valence-electron chi connectivity index (χ3n) is 2.66. The van der Waals surface area contributed by atoms with Crippen molar-refractivity contribution in [2.75, 3.05) is 6.26 Å². The fourth-order valence-corrected chi connectivity index (χ4v) is 3.20. The summed E-state index contributed by atoms with van der Waals surface area (Å²) in [5.74, 6) is 0.199. The van der Waals surface area contributed by atoms with Crippen LogP contribution in [0.25, 0.3) is 5.52 Å². The zero-order chi connectivity index (χ0) is 11.9. The Bertz CT molecular complexity index is 624. The molecule has 3 nitrogen and oxygen atoms in total. The Morgan fingerprint density at radius 2 is 1.94 bits per heavy atom. The van der Waals surface area contributed by atoms with Crippen LogP contribution in [0.5, 0.6) is 0 Å². The van der Waals surface area contributed by atoms with Gasteiger partial charge in [0.15, 0.2) is 9.84 Å². The molecule has 4 heteroatoms. The summed E-state index contributed by atoms with van der Waals surface area (Å²) in [4.78, 5) is 0.461. The minimum absolute atomic E-state index is 0.199. The van der Waals surface area contributed by atoms with Crippen molar-refractivity contribution < 1.29 is 8.42 Å². The summed E-state index contributed by atoms with van der Waals surface area (Å²) < 4.78 is 25.5. The number of aromatic nitrogens is 1. The van der Waals surface area contributed by atoms with Crippen molar-refractivity contribution in [1.29, 1.82) is 0 Å². The van der Waals surface area contributed by atoms with Gasteiger partial charge in [0.25, 0.3) is 0 Å². The van der Waals surface area contributed by atoms with Crippen molar-refractivity contribution >= 4 is 15.4 Å². The second-order valence-corrected chi connectivity index (χ2v) is 6.29. The molecule has 0 fully saturated rings. The molecule has 2 aromatic rings. The molecule has 2 rings (SSSR count). The summed E-state index contributed by atoms with van der Waals surface area (Å²) >= 11 is 0. The average molecular weight is 237 g/mol. The van der Waals surface area contributed by atoms with E-state index in [1.54, 1.807) is 0 Å². The van der Waals surface area contributed by atoms with Gasteiger partial charge in [-0.2, -0.15) is 0 Å². The SMILES string of the molecule is CC(C)c1cn2ccccc2c1S(C)(=O)=O. The van der Waals surface area contributed by atoms with Crippen LogP contribution in [0.2, 0.25) is 0 Å². The number of fused-ring (bicyclic) bond motifs is 1. The lowest BCUT2D eigenvalue weighted by molar-refractivity contribution is 0.601. The standard InChI is InChI=1S/C12H15NO2S/c1-9(2)10-8-13-7-5-4-6-11(13)12(10)16(3,14)15/h4-9H,1-3H3. The molecule has 0 saturated carbocycles. The number of hydrogen-bond acceptors (Lipinski definition) is 2. The van der Waals surface area contributed by atoms with Crippen LogP contribution in [0.1, 0.15) is 25.3 Å². The third kappa shape index (κ3) is 1.73. The number of rotatable bonds is 2. The summed E-state index contributed by atoms with van der Waals surface area (Å²) in [7, 11) is -3.18. The zero-order valence-electron chi connectivity index (χ0n) is 9.64. The van der Waals surface area contributed by atoms with E-state index in [4.69, 9.17) is 0 Å². The topological polar surface area (TPSA) is 38.5 Å². The van der Waals surface area contributed by atoms with Crippen LogP contribution in [0.3, 0.4) is 0 Å². The predicted octanol–water partition coefficient (Wildman–Crippen LogP) is 2.47. The molecular formula is C12H15NO2S. The second kappa shape index (κ2) is 3.63. The van der Waals surface area contributed by atoms with Crippen molar-refractivity contribution in [3.63, 3.8) is 0 Å². The quantitative estimate of drug-likeness (QED) is 0.804. The van der Waals surface area contributed by atoms with E-state index in [2.05, 4.69) is 0 Å². The fourth-order valence-electron chi connectivity index (χ4n) is 1.93. The maximum absolute atomic E-state index is 11.8. The van der Waals surface area contributed by atoms with E-state index >= 15 is 0 Å². The molecule has 16 heavy (non-hydrogen) atoms. The van der Waals surface area contributed by atoms with Gasteiger partial charge >= 0.3 is 0 Å². The second-order valence-electron chi connectivity index (χ2n) is 4.33. The van der Waals surface area contributed by atoms with Gasteiger partial charge in [0.1, 0.15) is 0 Å². The highest BCUT2D eigenvalue weighted by molar-refractivity contribution is 7.91. The molecule has 0 spiro atoms. The molecule has 0 N–H and O–H groups in total. The highest BCUT2D eigenvalue weighted by Gasteiger charge is 2.20. The summed E-state index contributed by atoms with van der Waals surface area (Å²) in [6, 6.07) is 5.58. The Labute approximate surface area is 95.6 Å². The Morgan fingerprint density at radius 3 is 2.50 bits per heavy atom. The first-order chi connectivity index (χ1) is 7.41. The van der Waals surface area contributed by atoms with Crippen molar-refractivity contribution in [3.8, 4) is 0 Å². The third-order valence-corrected chi connectivity index (χ3v) is 3.84. The molecule has 0 unspecified atom stereocenters. The minimum atomic E-state index is -3.18.